The number of hydrogen-bond donors (Lipinski definition) is 1. The van der Waals surface area contributed by atoms with Gasteiger partial charge < -0.3 is 10.1 Å². The topological polar surface area (TPSA) is 41.6 Å². The summed E-state index contributed by atoms with van der Waals surface area (Å²) >= 11 is 13.4. The van der Waals surface area contributed by atoms with Gasteiger partial charge in [0.15, 0.2) is 0 Å². The van der Waals surface area contributed by atoms with E-state index in [9.17, 15) is 4.79 Å². The van der Waals surface area contributed by atoms with E-state index in [1.807, 2.05) is 12.1 Å². The number of halogens is 2. The molecule has 2 rings (SSSR count). The number of carbonyl (C=O) groups excluding carboxylic acids is 1. The molecule has 1 aromatic carbocycles. The van der Waals surface area contributed by atoms with Crippen LogP contribution in [-0.4, -0.2) is 56.0 Å². The summed E-state index contributed by atoms with van der Waals surface area (Å²) in [5.41, 5.74) is 1.07. The summed E-state index contributed by atoms with van der Waals surface area (Å²) in [6.45, 7) is 5.36. The second kappa shape index (κ2) is 10.4. The number of amides is 1. The molecule has 0 saturated carbocycles. The molecular formula is C16H22Cl2N2O2S. The Labute approximate surface area is 151 Å². The first-order valence-electron chi connectivity index (χ1n) is 7.73. The Morgan fingerprint density at radius 3 is 2.78 bits per heavy atom. The predicted octanol–water partition coefficient (Wildman–Crippen LogP) is 3.07. The molecule has 1 aliphatic heterocycles. The van der Waals surface area contributed by atoms with Crippen LogP contribution in [-0.2, 0) is 15.3 Å². The highest BCUT2D eigenvalue weighted by Gasteiger charge is 2.09. The molecule has 0 spiro atoms. The fraction of sp³-hybridized carbons (Fsp3) is 0.562. The first kappa shape index (κ1) is 18.9. The average molecular weight is 377 g/mol. The summed E-state index contributed by atoms with van der Waals surface area (Å²) in [5.74, 6) is 1.28. The zero-order valence-corrected chi connectivity index (χ0v) is 15.4. The number of thioether (sulfide) groups is 1. The molecule has 1 amide bonds. The van der Waals surface area contributed by atoms with Crippen LogP contribution in [0.5, 0.6) is 0 Å². The first-order chi connectivity index (χ1) is 11.1. The molecule has 0 aliphatic carbocycles. The van der Waals surface area contributed by atoms with Gasteiger partial charge in [-0.15, -0.1) is 11.8 Å². The smallest absolute Gasteiger partial charge is 0.230 e. The number of carbonyl (C=O) groups is 1. The number of rotatable bonds is 8. The van der Waals surface area contributed by atoms with Gasteiger partial charge in [0, 0.05) is 25.4 Å². The van der Waals surface area contributed by atoms with Crippen LogP contribution >= 0.6 is 35.0 Å². The molecule has 0 bridgehead atoms. The monoisotopic (exact) mass is 376 g/mol. The molecule has 1 aromatic rings. The molecule has 23 heavy (non-hydrogen) atoms. The van der Waals surface area contributed by atoms with Gasteiger partial charge >= 0.3 is 0 Å². The first-order valence-corrected chi connectivity index (χ1v) is 9.64. The summed E-state index contributed by atoms with van der Waals surface area (Å²) < 4.78 is 5.31. The van der Waals surface area contributed by atoms with Crippen molar-refractivity contribution in [2.45, 2.75) is 12.2 Å². The van der Waals surface area contributed by atoms with E-state index in [-0.39, 0.29) is 5.91 Å². The number of morpholine rings is 1. The van der Waals surface area contributed by atoms with Crippen LogP contribution < -0.4 is 5.32 Å². The van der Waals surface area contributed by atoms with E-state index in [1.165, 1.54) is 0 Å². The van der Waals surface area contributed by atoms with Gasteiger partial charge in [-0.2, -0.15) is 0 Å². The molecule has 1 saturated heterocycles. The zero-order valence-electron chi connectivity index (χ0n) is 13.0. The van der Waals surface area contributed by atoms with Crippen molar-refractivity contribution in [1.29, 1.82) is 0 Å². The third-order valence-electron chi connectivity index (χ3n) is 3.56. The highest BCUT2D eigenvalue weighted by molar-refractivity contribution is 7.99. The molecule has 1 aliphatic rings. The van der Waals surface area contributed by atoms with Gasteiger partial charge in [-0.05, 0) is 30.7 Å². The molecule has 1 heterocycles. The molecular weight excluding hydrogens is 355 g/mol. The van der Waals surface area contributed by atoms with Gasteiger partial charge in [0.2, 0.25) is 5.91 Å². The maximum atomic E-state index is 11.8. The largest absolute Gasteiger partial charge is 0.379 e. The van der Waals surface area contributed by atoms with E-state index in [4.69, 9.17) is 27.9 Å². The Hall–Kier alpha value is -0.460. The minimum absolute atomic E-state index is 0.0806. The van der Waals surface area contributed by atoms with Crippen LogP contribution in [0.2, 0.25) is 10.0 Å². The maximum absolute atomic E-state index is 11.8. The summed E-state index contributed by atoms with van der Waals surface area (Å²) in [6, 6.07) is 5.56. The fourth-order valence-electron chi connectivity index (χ4n) is 2.30. The maximum Gasteiger partial charge on any atom is 0.230 e. The van der Waals surface area contributed by atoms with E-state index < -0.39 is 0 Å². The lowest BCUT2D eigenvalue weighted by molar-refractivity contribution is -0.118. The van der Waals surface area contributed by atoms with Gasteiger partial charge in [0.25, 0.3) is 0 Å². The van der Waals surface area contributed by atoms with E-state index in [0.717, 1.165) is 57.1 Å². The third-order valence-corrected chi connectivity index (χ3v) is 5.31. The molecule has 4 nitrogen and oxygen atoms in total. The van der Waals surface area contributed by atoms with E-state index in [2.05, 4.69) is 10.2 Å². The Bertz CT molecular complexity index is 511. The Morgan fingerprint density at radius 2 is 2.04 bits per heavy atom. The van der Waals surface area contributed by atoms with Crippen LogP contribution in [0.4, 0.5) is 0 Å². The molecule has 1 fully saturated rings. The normalized spacial score (nSPS) is 15.6. The highest BCUT2D eigenvalue weighted by Crippen LogP contribution is 2.24. The van der Waals surface area contributed by atoms with Crippen molar-refractivity contribution in [2.24, 2.45) is 0 Å². The Balaban J connectivity index is 1.53. The second-order valence-corrected chi connectivity index (χ2v) is 7.20. The standard InChI is InChI=1S/C16H22Cl2N2O2S/c17-14-3-2-13(10-15(14)18)11-23-12-16(21)19-4-1-5-20-6-8-22-9-7-20/h2-3,10H,1,4-9,11-12H2,(H,19,21). The van der Waals surface area contributed by atoms with Crippen LogP contribution in [0.25, 0.3) is 0 Å². The van der Waals surface area contributed by atoms with Gasteiger partial charge in [-0.1, -0.05) is 29.3 Å². The fourth-order valence-corrected chi connectivity index (χ4v) is 3.42. The summed E-state index contributed by atoms with van der Waals surface area (Å²) in [6.07, 6.45) is 0.975. The van der Waals surface area contributed by atoms with Crippen molar-refractivity contribution in [1.82, 2.24) is 10.2 Å². The number of nitrogens with one attached hydrogen (secondary N) is 1. The quantitative estimate of drug-likeness (QED) is 0.707. The number of benzene rings is 1. The molecule has 0 radical (unpaired) electrons. The van der Waals surface area contributed by atoms with Crippen LogP contribution in [0.15, 0.2) is 18.2 Å². The second-order valence-electron chi connectivity index (χ2n) is 5.40. The summed E-state index contributed by atoms with van der Waals surface area (Å²) in [4.78, 5) is 14.2. The van der Waals surface area contributed by atoms with Gasteiger partial charge in [-0.3, -0.25) is 9.69 Å². The van der Waals surface area contributed by atoms with E-state index in [0.29, 0.717) is 15.8 Å². The molecule has 0 atom stereocenters. The average Bonchev–Trinajstić information content (AvgIpc) is 2.56. The summed E-state index contributed by atoms with van der Waals surface area (Å²) in [7, 11) is 0. The summed E-state index contributed by atoms with van der Waals surface area (Å²) in [5, 5.41) is 4.07. The van der Waals surface area contributed by atoms with Gasteiger partial charge in [0.1, 0.15) is 0 Å². The lowest BCUT2D eigenvalue weighted by atomic mass is 10.2. The zero-order chi connectivity index (χ0) is 16.5. The van der Waals surface area contributed by atoms with Crippen LogP contribution in [0.3, 0.4) is 0 Å². The minimum Gasteiger partial charge on any atom is -0.379 e. The Kier molecular flexibility index (Phi) is 8.55. The number of hydrogen-bond acceptors (Lipinski definition) is 4. The minimum atomic E-state index is 0.0806. The lowest BCUT2D eigenvalue weighted by Crippen LogP contribution is -2.38. The van der Waals surface area contributed by atoms with Gasteiger partial charge in [0.05, 0.1) is 29.0 Å². The van der Waals surface area contributed by atoms with Crippen molar-refractivity contribution >= 4 is 40.9 Å². The predicted molar refractivity (Wildman–Crippen MR) is 97.5 cm³/mol. The van der Waals surface area contributed by atoms with Crippen molar-refractivity contribution in [3.8, 4) is 0 Å². The van der Waals surface area contributed by atoms with Crippen molar-refractivity contribution in [3.63, 3.8) is 0 Å². The molecule has 128 valence electrons. The molecule has 7 heteroatoms. The van der Waals surface area contributed by atoms with Crippen molar-refractivity contribution in [2.75, 3.05) is 45.1 Å². The molecule has 0 aromatic heterocycles. The third kappa shape index (κ3) is 7.31. The van der Waals surface area contributed by atoms with Gasteiger partial charge in [-0.25, -0.2) is 0 Å². The highest BCUT2D eigenvalue weighted by atomic mass is 35.5. The van der Waals surface area contributed by atoms with E-state index in [1.54, 1.807) is 17.8 Å². The molecule has 0 unspecified atom stereocenters. The van der Waals surface area contributed by atoms with Crippen molar-refractivity contribution < 1.29 is 9.53 Å². The molecule has 1 N–H and O–H groups in total. The number of nitrogens with zero attached hydrogens (tertiary/aromatic N) is 1. The Morgan fingerprint density at radius 1 is 1.26 bits per heavy atom. The van der Waals surface area contributed by atoms with Crippen molar-refractivity contribution in [3.05, 3.63) is 33.8 Å². The lowest BCUT2D eigenvalue weighted by Gasteiger charge is -2.26. The number of ether oxygens (including phenoxy) is 1. The van der Waals surface area contributed by atoms with Crippen LogP contribution in [0, 0.1) is 0 Å². The van der Waals surface area contributed by atoms with E-state index >= 15 is 0 Å². The SMILES string of the molecule is O=C(CSCc1ccc(Cl)c(Cl)c1)NCCCN1CCOCC1. The van der Waals surface area contributed by atoms with Crippen LogP contribution in [0.1, 0.15) is 12.0 Å².